The van der Waals surface area contributed by atoms with Gasteiger partial charge < -0.3 is 25.2 Å². The molecule has 0 spiro atoms. The average molecular weight is 635 g/mol. The fourth-order valence-electron chi connectivity index (χ4n) is 6.43. The number of anilines is 2. The summed E-state index contributed by atoms with van der Waals surface area (Å²) in [6.07, 6.45) is -0.366. The number of aliphatic hydroxyl groups is 1. The maximum absolute atomic E-state index is 14.3. The van der Waals surface area contributed by atoms with E-state index in [-0.39, 0.29) is 6.42 Å². The predicted molar refractivity (Wildman–Crippen MR) is 183 cm³/mol. The van der Waals surface area contributed by atoms with Crippen molar-refractivity contribution in [2.24, 2.45) is 11.8 Å². The second-order valence-corrected chi connectivity index (χ2v) is 12.6. The second-order valence-electron chi connectivity index (χ2n) is 12.6. The molecule has 0 radical (unpaired) electrons. The fourth-order valence-corrected chi connectivity index (χ4v) is 6.43. The highest BCUT2D eigenvalue weighted by Crippen LogP contribution is 2.48. The number of amides is 2. The molecule has 4 atom stereocenters. The van der Waals surface area contributed by atoms with Crippen molar-refractivity contribution in [2.75, 3.05) is 17.7 Å². The Hall–Kier alpha value is -4.95. The molecule has 0 bridgehead atoms. The molecular weight excluding hydrogens is 592 g/mol. The number of ketones is 1. The van der Waals surface area contributed by atoms with E-state index in [0.717, 1.165) is 27.8 Å². The van der Waals surface area contributed by atoms with Crippen LogP contribution in [0.15, 0.2) is 84.9 Å². The quantitative estimate of drug-likeness (QED) is 0.174. The molecule has 1 fully saturated rings. The minimum Gasteiger partial charge on any atom is -0.493 e. The summed E-state index contributed by atoms with van der Waals surface area (Å²) in [6, 6.07) is 26.0. The maximum atomic E-state index is 14.3. The topological polar surface area (TPSA) is 114 Å². The molecule has 4 aromatic carbocycles. The van der Waals surface area contributed by atoms with Gasteiger partial charge in [0, 0.05) is 23.7 Å². The molecule has 4 aromatic rings. The first-order chi connectivity index (χ1) is 22.4. The lowest BCUT2D eigenvalue weighted by Gasteiger charge is -2.44. The van der Waals surface area contributed by atoms with Gasteiger partial charge in [0.05, 0.1) is 18.6 Å². The number of carbonyl (C=O) groups is 3. The third kappa shape index (κ3) is 7.08. The number of hydrogen-bond donors (Lipinski definition) is 3. The lowest BCUT2D eigenvalue weighted by molar-refractivity contribution is -0.150. The van der Waals surface area contributed by atoms with Crippen molar-refractivity contribution in [1.82, 2.24) is 0 Å². The SMILES string of the molecule is COc1cc(C2C(C(=O)Nc3cccc(C)c3C)C(=O)CC(C)(O)C2C(=O)Nc2cccc(C)c2C)ccc1OCc1ccccc1. The summed E-state index contributed by atoms with van der Waals surface area (Å²) in [5, 5.41) is 17.8. The van der Waals surface area contributed by atoms with Crippen LogP contribution >= 0.6 is 0 Å². The highest BCUT2D eigenvalue weighted by atomic mass is 16.5. The van der Waals surface area contributed by atoms with E-state index in [0.29, 0.717) is 35.0 Å². The molecule has 2 amide bonds. The third-order valence-corrected chi connectivity index (χ3v) is 9.37. The van der Waals surface area contributed by atoms with Gasteiger partial charge in [0.1, 0.15) is 18.3 Å². The van der Waals surface area contributed by atoms with Crippen LogP contribution in [0.5, 0.6) is 11.5 Å². The zero-order valence-electron chi connectivity index (χ0n) is 27.7. The molecule has 5 rings (SSSR count). The molecule has 0 saturated heterocycles. The molecule has 1 aliphatic rings. The Bertz CT molecular complexity index is 1800. The molecule has 8 nitrogen and oxygen atoms in total. The van der Waals surface area contributed by atoms with Crippen molar-refractivity contribution in [2.45, 2.75) is 59.2 Å². The Balaban J connectivity index is 1.58. The van der Waals surface area contributed by atoms with Gasteiger partial charge in [-0.2, -0.15) is 0 Å². The van der Waals surface area contributed by atoms with Gasteiger partial charge >= 0.3 is 0 Å². The van der Waals surface area contributed by atoms with Gasteiger partial charge in [0.25, 0.3) is 0 Å². The third-order valence-electron chi connectivity index (χ3n) is 9.37. The number of hydrogen-bond acceptors (Lipinski definition) is 6. The maximum Gasteiger partial charge on any atom is 0.235 e. The van der Waals surface area contributed by atoms with Crippen LogP contribution in [-0.2, 0) is 21.0 Å². The van der Waals surface area contributed by atoms with Gasteiger partial charge in [0.2, 0.25) is 11.8 Å². The first-order valence-electron chi connectivity index (χ1n) is 15.7. The Morgan fingerprint density at radius 3 is 2.00 bits per heavy atom. The van der Waals surface area contributed by atoms with Crippen LogP contribution in [0.1, 0.15) is 52.6 Å². The number of ether oxygens (including phenoxy) is 2. The van der Waals surface area contributed by atoms with Crippen molar-refractivity contribution < 1.29 is 29.0 Å². The smallest absolute Gasteiger partial charge is 0.235 e. The van der Waals surface area contributed by atoms with Crippen molar-refractivity contribution in [3.05, 3.63) is 118 Å². The summed E-state index contributed by atoms with van der Waals surface area (Å²) < 4.78 is 11.8. The van der Waals surface area contributed by atoms with Crippen molar-refractivity contribution in [3.63, 3.8) is 0 Å². The molecular formula is C39H42N2O6. The summed E-state index contributed by atoms with van der Waals surface area (Å²) in [4.78, 5) is 42.3. The number of carbonyl (C=O) groups excluding carboxylic acids is 3. The first kappa shape index (κ1) is 33.4. The van der Waals surface area contributed by atoms with Crippen LogP contribution in [0.4, 0.5) is 11.4 Å². The number of aryl methyl sites for hydroxylation is 2. The van der Waals surface area contributed by atoms with Crippen LogP contribution in [0, 0.1) is 39.5 Å². The Labute approximate surface area is 276 Å². The fraction of sp³-hybridized carbons (Fsp3) is 0.308. The largest absolute Gasteiger partial charge is 0.493 e. The molecule has 1 aliphatic carbocycles. The van der Waals surface area contributed by atoms with Crippen LogP contribution in [0.25, 0.3) is 0 Å². The molecule has 4 unspecified atom stereocenters. The Morgan fingerprint density at radius 1 is 0.809 bits per heavy atom. The lowest BCUT2D eigenvalue weighted by Crippen LogP contribution is -2.56. The average Bonchev–Trinajstić information content (AvgIpc) is 3.04. The number of methoxy groups -OCH3 is 1. The molecule has 244 valence electrons. The Kier molecular flexibility index (Phi) is 9.82. The van der Waals surface area contributed by atoms with Gasteiger partial charge in [-0.25, -0.2) is 0 Å². The standard InChI is InChI=1S/C39H42N2O6/c1-23-12-10-16-29(25(23)3)40-37(43)35-31(42)21-39(5,45)36(38(44)41-30-17-11-13-24(2)26(30)4)34(35)28-18-19-32(33(20-28)46-6)47-22-27-14-8-7-9-15-27/h7-20,34-36,45H,21-22H2,1-6H3,(H,40,43)(H,41,44). The van der Waals surface area contributed by atoms with Crippen LogP contribution < -0.4 is 20.1 Å². The number of benzene rings is 4. The van der Waals surface area contributed by atoms with Gasteiger partial charge in [-0.15, -0.1) is 0 Å². The van der Waals surface area contributed by atoms with E-state index >= 15 is 0 Å². The highest BCUT2D eigenvalue weighted by molar-refractivity contribution is 6.10. The number of nitrogens with one attached hydrogen (secondary N) is 2. The van der Waals surface area contributed by atoms with E-state index in [2.05, 4.69) is 10.6 Å². The molecule has 0 heterocycles. The van der Waals surface area contributed by atoms with E-state index in [1.165, 1.54) is 14.0 Å². The van der Waals surface area contributed by atoms with Crippen molar-refractivity contribution in [3.8, 4) is 11.5 Å². The van der Waals surface area contributed by atoms with Crippen molar-refractivity contribution in [1.29, 1.82) is 0 Å². The molecule has 3 N–H and O–H groups in total. The molecule has 47 heavy (non-hydrogen) atoms. The van der Waals surface area contributed by atoms with Crippen LogP contribution in [0.3, 0.4) is 0 Å². The second kappa shape index (κ2) is 13.8. The van der Waals surface area contributed by atoms with E-state index in [9.17, 15) is 19.5 Å². The summed E-state index contributed by atoms with van der Waals surface area (Å²) in [5.74, 6) is -4.13. The normalized spacial score (nSPS) is 20.7. The molecule has 1 saturated carbocycles. The Morgan fingerprint density at radius 2 is 1.40 bits per heavy atom. The highest BCUT2D eigenvalue weighted by Gasteiger charge is 2.56. The summed E-state index contributed by atoms with van der Waals surface area (Å²) in [7, 11) is 1.51. The summed E-state index contributed by atoms with van der Waals surface area (Å²) in [6.45, 7) is 9.48. The van der Waals surface area contributed by atoms with E-state index < -0.39 is 41.0 Å². The van der Waals surface area contributed by atoms with Gasteiger partial charge in [-0.1, -0.05) is 60.7 Å². The minimum absolute atomic E-state index is 0.301. The predicted octanol–water partition coefficient (Wildman–Crippen LogP) is 6.83. The lowest BCUT2D eigenvalue weighted by atomic mass is 9.61. The number of Topliss-reactive ketones (excluding diaryl/α,β-unsaturated/α-hetero) is 1. The van der Waals surface area contributed by atoms with E-state index in [4.69, 9.17) is 9.47 Å². The number of rotatable bonds is 9. The summed E-state index contributed by atoms with van der Waals surface area (Å²) >= 11 is 0. The first-order valence-corrected chi connectivity index (χ1v) is 15.7. The zero-order chi connectivity index (χ0) is 33.9. The molecule has 8 heteroatoms. The summed E-state index contributed by atoms with van der Waals surface area (Å²) in [5.41, 5.74) is 4.62. The van der Waals surface area contributed by atoms with Crippen LogP contribution in [0.2, 0.25) is 0 Å². The monoisotopic (exact) mass is 634 g/mol. The van der Waals surface area contributed by atoms with Gasteiger partial charge in [-0.05, 0) is 92.3 Å². The zero-order valence-corrected chi connectivity index (χ0v) is 27.7. The minimum atomic E-state index is -1.75. The van der Waals surface area contributed by atoms with Gasteiger partial charge in [-0.3, -0.25) is 14.4 Å². The van der Waals surface area contributed by atoms with Crippen LogP contribution in [-0.4, -0.2) is 35.4 Å². The van der Waals surface area contributed by atoms with Gasteiger partial charge in [0.15, 0.2) is 11.5 Å². The molecule has 0 aromatic heterocycles. The molecule has 0 aliphatic heterocycles. The van der Waals surface area contributed by atoms with E-state index in [1.54, 1.807) is 30.3 Å². The van der Waals surface area contributed by atoms with E-state index in [1.807, 2.05) is 82.3 Å². The van der Waals surface area contributed by atoms with Crippen molar-refractivity contribution >= 4 is 29.0 Å².